The molecule has 0 saturated heterocycles. The molecule has 2 N–H and O–H groups in total. The molecule has 180 valence electrons. The van der Waals surface area contributed by atoms with Crippen molar-refractivity contribution in [1.82, 2.24) is 15.0 Å². The second-order valence-electron chi connectivity index (χ2n) is 8.68. The Balaban J connectivity index is 1.38. The molecule has 1 aromatic heterocycles. The molecular formula is C27H26FN3O4. The smallest absolute Gasteiger partial charge is 0.309 e. The number of aromatic nitrogens is 3. The molecule has 0 unspecified atom stereocenters. The summed E-state index contributed by atoms with van der Waals surface area (Å²) in [6.07, 6.45) is -0.295. The number of aryl methyl sites for hydroxylation is 3. The van der Waals surface area contributed by atoms with Gasteiger partial charge in [-0.25, -0.2) is 9.07 Å². The topological polar surface area (TPSA) is 105 Å². The number of carbonyl (C=O) groups is 1. The van der Waals surface area contributed by atoms with Crippen LogP contribution < -0.4 is 5.56 Å². The van der Waals surface area contributed by atoms with Crippen LogP contribution >= 0.6 is 0 Å². The molecule has 0 bridgehead atoms. The first-order valence-corrected chi connectivity index (χ1v) is 11.4. The zero-order chi connectivity index (χ0) is 24.9. The van der Waals surface area contributed by atoms with Crippen molar-refractivity contribution < 1.29 is 19.4 Å². The van der Waals surface area contributed by atoms with Gasteiger partial charge in [0.1, 0.15) is 11.3 Å². The third-order valence-corrected chi connectivity index (χ3v) is 6.17. The van der Waals surface area contributed by atoms with Crippen molar-refractivity contribution in [2.24, 2.45) is 5.92 Å². The zero-order valence-corrected chi connectivity index (χ0v) is 19.3. The highest BCUT2D eigenvalue weighted by Crippen LogP contribution is 2.22. The summed E-state index contributed by atoms with van der Waals surface area (Å²) in [7, 11) is 0. The second-order valence-corrected chi connectivity index (χ2v) is 8.68. The summed E-state index contributed by atoms with van der Waals surface area (Å²) in [6, 6.07) is 19.1. The fraction of sp³-hybridized carbons (Fsp3) is 0.259. The van der Waals surface area contributed by atoms with Crippen molar-refractivity contribution in [1.29, 1.82) is 0 Å². The van der Waals surface area contributed by atoms with Crippen LogP contribution in [0.25, 0.3) is 22.0 Å². The van der Waals surface area contributed by atoms with E-state index in [4.69, 9.17) is 0 Å². The molecule has 0 amide bonds. The minimum Gasteiger partial charge on any atom is -0.481 e. The molecule has 4 aromatic rings. The van der Waals surface area contributed by atoms with Gasteiger partial charge in [-0.2, -0.15) is 0 Å². The lowest BCUT2D eigenvalue weighted by Crippen LogP contribution is -2.32. The Labute approximate surface area is 201 Å². The van der Waals surface area contributed by atoms with Gasteiger partial charge in [-0.3, -0.25) is 9.59 Å². The first-order valence-electron chi connectivity index (χ1n) is 11.4. The van der Waals surface area contributed by atoms with Gasteiger partial charge in [0.25, 0.3) is 5.56 Å². The summed E-state index contributed by atoms with van der Waals surface area (Å²) in [5.74, 6) is -2.46. The van der Waals surface area contributed by atoms with Crippen molar-refractivity contribution in [2.75, 3.05) is 0 Å². The minimum absolute atomic E-state index is 0.0377. The highest BCUT2D eigenvalue weighted by atomic mass is 19.1. The average Bonchev–Trinajstić information content (AvgIpc) is 2.84. The number of hydrogen-bond acceptors (Lipinski definition) is 5. The molecule has 4 rings (SSSR count). The van der Waals surface area contributed by atoms with E-state index in [1.807, 2.05) is 37.3 Å². The largest absolute Gasteiger partial charge is 0.481 e. The summed E-state index contributed by atoms with van der Waals surface area (Å²) < 4.78 is 14.3. The molecule has 7 nitrogen and oxygen atoms in total. The fourth-order valence-electron chi connectivity index (χ4n) is 4.10. The molecule has 0 saturated carbocycles. The number of aliphatic carboxylic acids is 1. The lowest BCUT2D eigenvalue weighted by molar-refractivity contribution is -0.146. The van der Waals surface area contributed by atoms with Crippen LogP contribution in [0.1, 0.15) is 24.0 Å². The Hall–Kier alpha value is -3.91. The number of fused-ring (bicyclic) bond motifs is 1. The minimum atomic E-state index is -1.12. The first kappa shape index (κ1) is 24.2. The van der Waals surface area contributed by atoms with E-state index in [1.165, 1.54) is 12.1 Å². The summed E-state index contributed by atoms with van der Waals surface area (Å²) in [5, 5.41) is 28.7. The van der Waals surface area contributed by atoms with Crippen molar-refractivity contribution >= 4 is 16.9 Å². The Morgan fingerprint density at radius 3 is 2.31 bits per heavy atom. The van der Waals surface area contributed by atoms with Gasteiger partial charge in [0.2, 0.25) is 0 Å². The van der Waals surface area contributed by atoms with Crippen LogP contribution in [0, 0.1) is 18.7 Å². The van der Waals surface area contributed by atoms with Gasteiger partial charge in [-0.1, -0.05) is 47.7 Å². The van der Waals surface area contributed by atoms with Crippen molar-refractivity contribution in [3.05, 3.63) is 94.0 Å². The van der Waals surface area contributed by atoms with E-state index in [0.29, 0.717) is 17.3 Å². The predicted octanol–water partition coefficient (Wildman–Crippen LogP) is 3.99. The Kier molecular flexibility index (Phi) is 7.31. The number of carboxylic acid groups (broad SMARTS) is 1. The van der Waals surface area contributed by atoms with E-state index >= 15 is 0 Å². The summed E-state index contributed by atoms with van der Waals surface area (Å²) in [5.41, 5.74) is 3.90. The quantitative estimate of drug-likeness (QED) is 0.379. The van der Waals surface area contributed by atoms with Crippen molar-refractivity contribution in [3.8, 4) is 11.1 Å². The van der Waals surface area contributed by atoms with Gasteiger partial charge in [0, 0.05) is 6.54 Å². The Morgan fingerprint density at radius 1 is 1.00 bits per heavy atom. The SMILES string of the molecule is Cc1ccc2c(=O)n(CC[C@H](C(=O)O)[C@H](O)CCc3ccc(-c4ccc(F)cc4)cc3)nnc2c1. The third-order valence-electron chi connectivity index (χ3n) is 6.17. The highest BCUT2D eigenvalue weighted by molar-refractivity contribution is 5.77. The molecule has 35 heavy (non-hydrogen) atoms. The standard InChI is InChI=1S/C27H26FN3O4/c1-17-2-12-22-24(16-17)29-30-31(26(22)33)15-14-23(27(34)35)25(32)13-5-18-3-6-19(7-4-18)20-8-10-21(28)11-9-20/h2-4,6-12,16,23,25,32H,5,13-15H2,1H3,(H,34,35)/t23-,25+/m0/s1. The van der Waals surface area contributed by atoms with Gasteiger partial charge in [0.15, 0.2) is 0 Å². The number of hydrogen-bond donors (Lipinski definition) is 2. The molecule has 8 heteroatoms. The third kappa shape index (κ3) is 5.78. The number of rotatable bonds is 9. The number of benzene rings is 3. The first-order chi connectivity index (χ1) is 16.8. The van der Waals surface area contributed by atoms with E-state index < -0.39 is 18.0 Å². The molecular weight excluding hydrogens is 449 g/mol. The number of aliphatic hydroxyl groups excluding tert-OH is 1. The number of halogens is 1. The normalized spacial score (nSPS) is 13.0. The monoisotopic (exact) mass is 475 g/mol. The van der Waals surface area contributed by atoms with E-state index in [0.717, 1.165) is 26.9 Å². The van der Waals surface area contributed by atoms with Crippen molar-refractivity contribution in [2.45, 2.75) is 38.8 Å². The molecule has 0 spiro atoms. The predicted molar refractivity (Wildman–Crippen MR) is 130 cm³/mol. The summed E-state index contributed by atoms with van der Waals surface area (Å²) in [4.78, 5) is 24.5. The Morgan fingerprint density at radius 2 is 1.66 bits per heavy atom. The van der Waals surface area contributed by atoms with Gasteiger partial charge in [0.05, 0.1) is 17.4 Å². The lowest BCUT2D eigenvalue weighted by atomic mass is 9.93. The van der Waals surface area contributed by atoms with Gasteiger partial charge >= 0.3 is 5.97 Å². The maximum absolute atomic E-state index is 13.1. The van der Waals surface area contributed by atoms with Crippen LogP contribution in [-0.2, 0) is 17.8 Å². The van der Waals surface area contributed by atoms with Crippen LogP contribution in [0.2, 0.25) is 0 Å². The lowest BCUT2D eigenvalue weighted by Gasteiger charge is -2.19. The molecule has 2 atom stereocenters. The van der Waals surface area contributed by atoms with Crippen LogP contribution in [0.4, 0.5) is 4.39 Å². The van der Waals surface area contributed by atoms with Crippen LogP contribution in [0.15, 0.2) is 71.5 Å². The molecule has 0 aliphatic carbocycles. The average molecular weight is 476 g/mol. The number of carboxylic acids is 1. The Bertz CT molecular complexity index is 1380. The molecule has 0 fully saturated rings. The molecule has 1 heterocycles. The summed E-state index contributed by atoms with van der Waals surface area (Å²) in [6.45, 7) is 1.93. The maximum Gasteiger partial charge on any atom is 0.309 e. The zero-order valence-electron chi connectivity index (χ0n) is 19.3. The van der Waals surface area contributed by atoms with Gasteiger partial charge in [-0.15, -0.1) is 5.10 Å². The maximum atomic E-state index is 13.1. The molecule has 0 aliphatic heterocycles. The fourth-order valence-corrected chi connectivity index (χ4v) is 4.10. The molecule has 0 radical (unpaired) electrons. The van der Waals surface area contributed by atoms with E-state index in [-0.39, 0.29) is 30.8 Å². The second kappa shape index (κ2) is 10.6. The highest BCUT2D eigenvalue weighted by Gasteiger charge is 2.26. The number of nitrogens with zero attached hydrogens (tertiary/aromatic N) is 3. The van der Waals surface area contributed by atoms with Gasteiger partial charge < -0.3 is 10.2 Å². The van der Waals surface area contributed by atoms with Crippen LogP contribution in [0.3, 0.4) is 0 Å². The molecule has 0 aliphatic rings. The molecule has 3 aromatic carbocycles. The van der Waals surface area contributed by atoms with E-state index in [9.17, 15) is 24.2 Å². The van der Waals surface area contributed by atoms with Crippen LogP contribution in [-0.4, -0.2) is 37.3 Å². The van der Waals surface area contributed by atoms with E-state index in [1.54, 1.807) is 24.3 Å². The number of aliphatic hydroxyl groups is 1. The van der Waals surface area contributed by atoms with Crippen molar-refractivity contribution in [3.63, 3.8) is 0 Å². The van der Waals surface area contributed by atoms with Crippen LogP contribution in [0.5, 0.6) is 0 Å². The van der Waals surface area contributed by atoms with Gasteiger partial charge in [-0.05, 0) is 72.7 Å². The van der Waals surface area contributed by atoms with E-state index in [2.05, 4.69) is 10.3 Å². The summed E-state index contributed by atoms with van der Waals surface area (Å²) >= 11 is 0.